The maximum Gasteiger partial charge on any atom is 0.404 e. The molecule has 2 aliphatic heterocycles. The van der Waals surface area contributed by atoms with Crippen LogP contribution in [-0.4, -0.2) is 58.4 Å². The van der Waals surface area contributed by atoms with Crippen LogP contribution in [0.1, 0.15) is 68.3 Å². The number of nitrogens with one attached hydrogen (secondary N) is 1. The molecule has 1 saturated heterocycles. The Kier molecular flexibility index (Phi) is 6.65. The third-order valence-corrected chi connectivity index (χ3v) is 7.08. The number of hydrogen-bond acceptors (Lipinski definition) is 6. The Hall–Kier alpha value is -2.78. The number of hydrogen-bond donors (Lipinski definition) is 2. The standard InChI is InChI=1S/C25H34N4O5/c1-28(14-13-26-24(30)31)16-19-17-29(22-8-4-5-15-32-22)27-23(19)18-9-11-25(12-10-18)33-20-6-2-3-7-21(20)34-25/h2-3,6-7,17-18,22,26H,4-5,8-16H2,1H3,(H,30,31). The number of benzene rings is 1. The number of likely N-dealkylation sites (N-methyl/N-ethyl adjacent to an activating group) is 1. The van der Waals surface area contributed by atoms with E-state index in [-0.39, 0.29) is 6.23 Å². The molecule has 0 radical (unpaired) electrons. The number of para-hydroxylation sites is 2. The van der Waals surface area contributed by atoms with Crippen LogP contribution in [0, 0.1) is 0 Å². The Bertz CT molecular complexity index is 968. The first-order valence-electron chi connectivity index (χ1n) is 12.3. The molecular weight excluding hydrogens is 436 g/mol. The summed E-state index contributed by atoms with van der Waals surface area (Å²) in [5, 5.41) is 16.3. The number of carbonyl (C=O) groups is 1. The third-order valence-electron chi connectivity index (χ3n) is 7.08. The van der Waals surface area contributed by atoms with E-state index in [1.807, 2.05) is 36.0 Å². The second-order valence-electron chi connectivity index (χ2n) is 9.65. The van der Waals surface area contributed by atoms with Crippen LogP contribution in [0.15, 0.2) is 30.5 Å². The van der Waals surface area contributed by atoms with E-state index < -0.39 is 11.9 Å². The molecule has 1 aliphatic carbocycles. The van der Waals surface area contributed by atoms with Crippen LogP contribution in [0.25, 0.3) is 0 Å². The normalized spacial score (nSPS) is 21.8. The minimum absolute atomic E-state index is 0.00818. The molecule has 9 nitrogen and oxygen atoms in total. The molecule has 184 valence electrons. The first-order chi connectivity index (χ1) is 16.5. The van der Waals surface area contributed by atoms with Crippen LogP contribution in [0.5, 0.6) is 11.5 Å². The summed E-state index contributed by atoms with van der Waals surface area (Å²) < 4.78 is 20.5. The maximum absolute atomic E-state index is 10.8. The van der Waals surface area contributed by atoms with E-state index in [0.29, 0.717) is 25.6 Å². The summed E-state index contributed by atoms with van der Waals surface area (Å²) in [6.45, 7) is 2.51. The lowest BCUT2D eigenvalue weighted by Gasteiger charge is -2.35. The van der Waals surface area contributed by atoms with Crippen LogP contribution in [-0.2, 0) is 11.3 Å². The largest absolute Gasteiger partial charge is 0.465 e. The lowest BCUT2D eigenvalue weighted by atomic mass is 9.82. The number of rotatable bonds is 7. The van der Waals surface area contributed by atoms with Gasteiger partial charge in [0.1, 0.15) is 6.23 Å². The van der Waals surface area contributed by atoms with Gasteiger partial charge in [-0.3, -0.25) is 0 Å². The molecule has 5 rings (SSSR count). The molecule has 9 heteroatoms. The average Bonchev–Trinajstić information content (AvgIpc) is 3.41. The quantitative estimate of drug-likeness (QED) is 0.628. The minimum Gasteiger partial charge on any atom is -0.465 e. The van der Waals surface area contributed by atoms with Gasteiger partial charge in [-0.2, -0.15) is 5.10 Å². The van der Waals surface area contributed by atoms with Gasteiger partial charge in [-0.25, -0.2) is 9.48 Å². The van der Waals surface area contributed by atoms with Crippen LogP contribution >= 0.6 is 0 Å². The van der Waals surface area contributed by atoms with Gasteiger partial charge in [-0.15, -0.1) is 0 Å². The van der Waals surface area contributed by atoms with Crippen molar-refractivity contribution in [3.05, 3.63) is 41.7 Å². The van der Waals surface area contributed by atoms with Crippen molar-refractivity contribution in [1.29, 1.82) is 0 Å². The predicted octanol–water partition coefficient (Wildman–Crippen LogP) is 4.11. The highest BCUT2D eigenvalue weighted by atomic mass is 16.7. The molecule has 1 amide bonds. The molecule has 2 N–H and O–H groups in total. The molecule has 1 unspecified atom stereocenters. The molecule has 1 aromatic heterocycles. The van der Waals surface area contributed by atoms with Gasteiger partial charge in [0, 0.05) is 56.8 Å². The molecule has 3 heterocycles. The number of ether oxygens (including phenoxy) is 3. The average molecular weight is 471 g/mol. The summed E-state index contributed by atoms with van der Waals surface area (Å²) in [6.07, 6.45) is 7.87. The summed E-state index contributed by atoms with van der Waals surface area (Å²) in [4.78, 5) is 12.9. The fourth-order valence-corrected chi connectivity index (χ4v) is 5.29. The highest BCUT2D eigenvalue weighted by molar-refractivity contribution is 5.64. The first kappa shape index (κ1) is 23.0. The minimum atomic E-state index is -0.994. The van der Waals surface area contributed by atoms with Gasteiger partial charge in [0.05, 0.1) is 5.69 Å². The van der Waals surface area contributed by atoms with Crippen molar-refractivity contribution < 1.29 is 24.1 Å². The number of nitrogens with zero attached hydrogens (tertiary/aromatic N) is 3. The molecule has 2 fully saturated rings. The Morgan fingerprint density at radius 1 is 1.21 bits per heavy atom. The van der Waals surface area contributed by atoms with Gasteiger partial charge in [0.25, 0.3) is 5.79 Å². The van der Waals surface area contributed by atoms with E-state index in [4.69, 9.17) is 24.4 Å². The molecule has 1 aromatic carbocycles. The zero-order valence-electron chi connectivity index (χ0n) is 19.7. The monoisotopic (exact) mass is 470 g/mol. The van der Waals surface area contributed by atoms with Gasteiger partial charge in [0.2, 0.25) is 0 Å². The van der Waals surface area contributed by atoms with Gasteiger partial charge in [-0.05, 0) is 51.3 Å². The Morgan fingerprint density at radius 3 is 2.59 bits per heavy atom. The molecule has 1 spiro atoms. The molecule has 0 bridgehead atoms. The summed E-state index contributed by atoms with van der Waals surface area (Å²) in [7, 11) is 2.01. The number of carboxylic acid groups (broad SMARTS) is 1. The smallest absolute Gasteiger partial charge is 0.404 e. The van der Waals surface area contributed by atoms with E-state index >= 15 is 0 Å². The number of fused-ring (bicyclic) bond motifs is 1. The van der Waals surface area contributed by atoms with E-state index in [0.717, 1.165) is 68.7 Å². The van der Waals surface area contributed by atoms with Crippen molar-refractivity contribution in [2.45, 2.75) is 69.4 Å². The van der Waals surface area contributed by atoms with Crippen LogP contribution < -0.4 is 14.8 Å². The highest BCUT2D eigenvalue weighted by Crippen LogP contribution is 2.48. The maximum atomic E-state index is 10.8. The molecular formula is C25H34N4O5. The van der Waals surface area contributed by atoms with Gasteiger partial charge >= 0.3 is 6.09 Å². The van der Waals surface area contributed by atoms with Gasteiger partial charge in [0.15, 0.2) is 11.5 Å². The predicted molar refractivity (Wildman–Crippen MR) is 125 cm³/mol. The number of amides is 1. The second kappa shape index (κ2) is 9.84. The van der Waals surface area contributed by atoms with E-state index in [1.54, 1.807) is 0 Å². The first-order valence-corrected chi connectivity index (χ1v) is 12.3. The molecule has 34 heavy (non-hydrogen) atoms. The second-order valence-corrected chi connectivity index (χ2v) is 9.65. The zero-order valence-corrected chi connectivity index (χ0v) is 19.7. The van der Waals surface area contributed by atoms with Crippen molar-refractivity contribution in [2.75, 3.05) is 26.7 Å². The Balaban J connectivity index is 1.29. The van der Waals surface area contributed by atoms with Crippen LogP contribution in [0.3, 0.4) is 0 Å². The topological polar surface area (TPSA) is 98.1 Å². The van der Waals surface area contributed by atoms with Crippen molar-refractivity contribution >= 4 is 6.09 Å². The Labute approximate surface area is 200 Å². The lowest BCUT2D eigenvalue weighted by Crippen LogP contribution is -2.42. The summed E-state index contributed by atoms with van der Waals surface area (Å²) in [6, 6.07) is 7.88. The SMILES string of the molecule is CN(CCNC(=O)O)Cc1cn(C2CCCCO2)nc1C1CCC2(CC1)Oc1ccccc1O2. The number of aromatic nitrogens is 2. The molecule has 2 aromatic rings. The fourth-order valence-electron chi connectivity index (χ4n) is 5.29. The molecule has 3 aliphatic rings. The zero-order chi connectivity index (χ0) is 23.5. The third kappa shape index (κ3) is 5.00. The van der Waals surface area contributed by atoms with Crippen LogP contribution in [0.4, 0.5) is 4.79 Å². The van der Waals surface area contributed by atoms with Crippen molar-refractivity contribution in [1.82, 2.24) is 20.0 Å². The van der Waals surface area contributed by atoms with E-state index in [9.17, 15) is 4.79 Å². The highest BCUT2D eigenvalue weighted by Gasteiger charge is 2.45. The van der Waals surface area contributed by atoms with Crippen molar-refractivity contribution in [2.24, 2.45) is 0 Å². The summed E-state index contributed by atoms with van der Waals surface area (Å²) >= 11 is 0. The summed E-state index contributed by atoms with van der Waals surface area (Å²) in [5.41, 5.74) is 2.31. The van der Waals surface area contributed by atoms with Gasteiger partial charge in [-0.1, -0.05) is 12.1 Å². The summed E-state index contributed by atoms with van der Waals surface area (Å²) in [5.74, 6) is 1.43. The fraction of sp³-hybridized carbons (Fsp3) is 0.600. The van der Waals surface area contributed by atoms with Crippen molar-refractivity contribution in [3.63, 3.8) is 0 Å². The van der Waals surface area contributed by atoms with E-state index in [1.165, 1.54) is 5.56 Å². The van der Waals surface area contributed by atoms with Gasteiger partial charge < -0.3 is 29.5 Å². The lowest BCUT2D eigenvalue weighted by molar-refractivity contribution is -0.108. The molecule has 1 saturated carbocycles. The van der Waals surface area contributed by atoms with Crippen LogP contribution in [0.2, 0.25) is 0 Å². The molecule has 1 atom stereocenters. The Morgan fingerprint density at radius 2 is 1.94 bits per heavy atom. The van der Waals surface area contributed by atoms with E-state index in [2.05, 4.69) is 16.4 Å². The van der Waals surface area contributed by atoms with Crippen molar-refractivity contribution in [3.8, 4) is 11.5 Å².